The molecule has 1 aromatic rings. The summed E-state index contributed by atoms with van der Waals surface area (Å²) in [5, 5.41) is 3.43. The Hall–Kier alpha value is -1.75. The third-order valence-corrected chi connectivity index (χ3v) is 4.44. The van der Waals surface area contributed by atoms with Crippen LogP contribution in [0.25, 0.3) is 0 Å². The predicted molar refractivity (Wildman–Crippen MR) is 89.6 cm³/mol. The Balaban J connectivity index is 1.74. The van der Waals surface area contributed by atoms with Crippen molar-refractivity contribution in [2.24, 2.45) is 0 Å². The zero-order valence-electron chi connectivity index (χ0n) is 14.2. The molecule has 23 heavy (non-hydrogen) atoms. The molecular weight excluding hydrogens is 292 g/mol. The van der Waals surface area contributed by atoms with Gasteiger partial charge in [0.1, 0.15) is 5.60 Å². The molecular formula is C18H26N2O3. The van der Waals surface area contributed by atoms with Gasteiger partial charge in [0.25, 0.3) is 0 Å². The smallest absolute Gasteiger partial charge is 0.410 e. The van der Waals surface area contributed by atoms with Crippen molar-refractivity contribution in [2.45, 2.75) is 44.8 Å². The van der Waals surface area contributed by atoms with Gasteiger partial charge in [0.05, 0.1) is 12.2 Å². The van der Waals surface area contributed by atoms with Crippen LogP contribution in [0.4, 0.5) is 10.5 Å². The highest BCUT2D eigenvalue weighted by atomic mass is 16.6. The summed E-state index contributed by atoms with van der Waals surface area (Å²) in [5.74, 6) is 0. The highest BCUT2D eigenvalue weighted by Gasteiger charge is 2.41. The Morgan fingerprint density at radius 3 is 2.65 bits per heavy atom. The second-order valence-electron chi connectivity index (χ2n) is 7.28. The molecule has 0 saturated carbocycles. The summed E-state index contributed by atoms with van der Waals surface area (Å²) >= 11 is 0. The number of nitrogens with one attached hydrogen (secondary N) is 1. The molecule has 0 aromatic heterocycles. The Morgan fingerprint density at radius 1 is 1.26 bits per heavy atom. The Morgan fingerprint density at radius 2 is 1.96 bits per heavy atom. The molecule has 0 radical (unpaired) electrons. The first-order valence-corrected chi connectivity index (χ1v) is 8.35. The maximum absolute atomic E-state index is 12.2. The summed E-state index contributed by atoms with van der Waals surface area (Å²) < 4.78 is 11.7. The zero-order chi connectivity index (χ0) is 16.5. The van der Waals surface area contributed by atoms with Crippen molar-refractivity contribution >= 4 is 11.8 Å². The summed E-state index contributed by atoms with van der Waals surface area (Å²) in [5.41, 5.74) is 1.61. The highest BCUT2D eigenvalue weighted by Crippen LogP contribution is 2.41. The van der Waals surface area contributed by atoms with Gasteiger partial charge in [-0.25, -0.2) is 4.79 Å². The van der Waals surface area contributed by atoms with Gasteiger partial charge in [0.15, 0.2) is 0 Å². The SMILES string of the molecule is CC(C)(C)OC(=O)N1CCC2(CC1)OCCNc1ccccc12. The van der Waals surface area contributed by atoms with E-state index in [0.717, 1.165) is 25.1 Å². The van der Waals surface area contributed by atoms with Crippen LogP contribution in [0.1, 0.15) is 39.2 Å². The van der Waals surface area contributed by atoms with Crippen molar-refractivity contribution in [1.82, 2.24) is 4.90 Å². The van der Waals surface area contributed by atoms with E-state index in [9.17, 15) is 4.79 Å². The van der Waals surface area contributed by atoms with E-state index in [-0.39, 0.29) is 11.7 Å². The van der Waals surface area contributed by atoms with E-state index in [2.05, 4.69) is 23.5 Å². The molecule has 126 valence electrons. The number of fused-ring (bicyclic) bond motifs is 2. The normalized spacial score (nSPS) is 20.4. The van der Waals surface area contributed by atoms with E-state index in [0.29, 0.717) is 19.7 Å². The molecule has 1 saturated heterocycles. The number of amides is 1. The topological polar surface area (TPSA) is 50.8 Å². The summed E-state index contributed by atoms with van der Waals surface area (Å²) in [4.78, 5) is 14.0. The molecule has 5 heteroatoms. The molecule has 2 heterocycles. The summed E-state index contributed by atoms with van der Waals surface area (Å²) in [6.07, 6.45) is 1.36. The minimum Gasteiger partial charge on any atom is -0.444 e. The van der Waals surface area contributed by atoms with E-state index in [1.807, 2.05) is 26.8 Å². The second kappa shape index (κ2) is 6.04. The van der Waals surface area contributed by atoms with Crippen LogP contribution < -0.4 is 5.32 Å². The number of carbonyl (C=O) groups is 1. The van der Waals surface area contributed by atoms with E-state index in [4.69, 9.17) is 9.47 Å². The maximum atomic E-state index is 12.2. The fraction of sp³-hybridized carbons (Fsp3) is 0.611. The van der Waals surface area contributed by atoms with Gasteiger partial charge in [0.2, 0.25) is 0 Å². The van der Waals surface area contributed by atoms with E-state index >= 15 is 0 Å². The first kappa shape index (κ1) is 16.1. The predicted octanol–water partition coefficient (Wildman–Crippen LogP) is 3.35. The number of anilines is 1. The van der Waals surface area contributed by atoms with Crippen LogP contribution in [-0.2, 0) is 15.1 Å². The van der Waals surface area contributed by atoms with Crippen LogP contribution in [0.5, 0.6) is 0 Å². The number of carbonyl (C=O) groups excluding carboxylic acids is 1. The molecule has 1 aromatic carbocycles. The number of benzene rings is 1. The van der Waals surface area contributed by atoms with Crippen molar-refractivity contribution in [3.8, 4) is 0 Å². The number of piperidine rings is 1. The molecule has 1 amide bonds. The summed E-state index contributed by atoms with van der Waals surface area (Å²) in [6.45, 7) is 8.49. The number of nitrogens with zero attached hydrogens (tertiary/aromatic N) is 1. The van der Waals surface area contributed by atoms with Crippen molar-refractivity contribution < 1.29 is 14.3 Å². The van der Waals surface area contributed by atoms with Crippen molar-refractivity contribution in [2.75, 3.05) is 31.6 Å². The fourth-order valence-electron chi connectivity index (χ4n) is 3.34. The number of rotatable bonds is 0. The number of hydrogen-bond donors (Lipinski definition) is 1. The molecule has 2 aliphatic rings. The minimum atomic E-state index is -0.457. The van der Waals surface area contributed by atoms with E-state index < -0.39 is 5.60 Å². The molecule has 1 fully saturated rings. The minimum absolute atomic E-state index is 0.229. The average molecular weight is 318 g/mol. The first-order valence-electron chi connectivity index (χ1n) is 8.35. The standard InChI is InChI=1S/C18H26N2O3/c1-17(2,3)23-16(21)20-11-8-18(9-12-20)14-6-4-5-7-15(14)19-10-13-22-18/h4-7,19H,8-13H2,1-3H3. The summed E-state index contributed by atoms with van der Waals surface area (Å²) in [6, 6.07) is 8.33. The van der Waals surface area contributed by atoms with Crippen LogP contribution >= 0.6 is 0 Å². The number of ether oxygens (including phenoxy) is 2. The van der Waals surface area contributed by atoms with Crippen LogP contribution in [-0.4, -0.2) is 42.8 Å². The van der Waals surface area contributed by atoms with Gasteiger partial charge in [-0.05, 0) is 39.7 Å². The van der Waals surface area contributed by atoms with Gasteiger partial charge in [-0.1, -0.05) is 18.2 Å². The van der Waals surface area contributed by atoms with Gasteiger partial charge in [-0.3, -0.25) is 0 Å². The first-order chi connectivity index (χ1) is 10.9. The second-order valence-corrected chi connectivity index (χ2v) is 7.28. The van der Waals surface area contributed by atoms with Crippen molar-refractivity contribution in [1.29, 1.82) is 0 Å². The monoisotopic (exact) mass is 318 g/mol. The molecule has 0 unspecified atom stereocenters. The number of para-hydroxylation sites is 1. The molecule has 5 nitrogen and oxygen atoms in total. The lowest BCUT2D eigenvalue weighted by Crippen LogP contribution is -2.47. The highest BCUT2D eigenvalue weighted by molar-refractivity contribution is 5.68. The van der Waals surface area contributed by atoms with Gasteiger partial charge in [-0.2, -0.15) is 0 Å². The van der Waals surface area contributed by atoms with Crippen LogP contribution in [0, 0.1) is 0 Å². The van der Waals surface area contributed by atoms with Gasteiger partial charge >= 0.3 is 6.09 Å². The molecule has 0 aliphatic carbocycles. The molecule has 1 N–H and O–H groups in total. The van der Waals surface area contributed by atoms with Crippen molar-refractivity contribution in [3.05, 3.63) is 29.8 Å². The fourth-order valence-corrected chi connectivity index (χ4v) is 3.34. The number of likely N-dealkylation sites (tertiary alicyclic amines) is 1. The van der Waals surface area contributed by atoms with E-state index in [1.165, 1.54) is 5.56 Å². The molecule has 3 rings (SSSR count). The largest absolute Gasteiger partial charge is 0.444 e. The molecule has 2 aliphatic heterocycles. The molecule has 0 bridgehead atoms. The third kappa shape index (κ3) is 3.44. The van der Waals surface area contributed by atoms with Crippen molar-refractivity contribution in [3.63, 3.8) is 0 Å². The third-order valence-electron chi connectivity index (χ3n) is 4.44. The van der Waals surface area contributed by atoms with Gasteiger partial charge in [-0.15, -0.1) is 0 Å². The lowest BCUT2D eigenvalue weighted by molar-refractivity contribution is -0.0839. The summed E-state index contributed by atoms with van der Waals surface area (Å²) in [7, 11) is 0. The Labute approximate surface area is 137 Å². The van der Waals surface area contributed by atoms with Crippen LogP contribution in [0.15, 0.2) is 24.3 Å². The molecule has 0 atom stereocenters. The quantitative estimate of drug-likeness (QED) is 0.797. The Kier molecular flexibility index (Phi) is 4.23. The van der Waals surface area contributed by atoms with Crippen LogP contribution in [0.2, 0.25) is 0 Å². The van der Waals surface area contributed by atoms with Gasteiger partial charge < -0.3 is 19.7 Å². The van der Waals surface area contributed by atoms with Crippen LogP contribution in [0.3, 0.4) is 0 Å². The molecule has 1 spiro atoms. The zero-order valence-corrected chi connectivity index (χ0v) is 14.2. The lowest BCUT2D eigenvalue weighted by Gasteiger charge is -2.41. The average Bonchev–Trinajstić information content (AvgIpc) is 2.67. The Bertz CT molecular complexity index is 572. The maximum Gasteiger partial charge on any atom is 0.410 e. The lowest BCUT2D eigenvalue weighted by atomic mass is 9.83. The number of hydrogen-bond acceptors (Lipinski definition) is 4. The van der Waals surface area contributed by atoms with E-state index in [1.54, 1.807) is 4.90 Å². The van der Waals surface area contributed by atoms with Gasteiger partial charge in [0, 0.05) is 30.9 Å².